The molecule has 1 atom stereocenters. The summed E-state index contributed by atoms with van der Waals surface area (Å²) in [6.45, 7) is 4.33. The van der Waals surface area contributed by atoms with E-state index < -0.39 is 0 Å². The molecule has 0 aliphatic rings. The lowest BCUT2D eigenvalue weighted by atomic mass is 9.97. The van der Waals surface area contributed by atoms with Gasteiger partial charge in [0.1, 0.15) is 11.5 Å². The zero-order chi connectivity index (χ0) is 20.8. The Morgan fingerprint density at radius 3 is 2.31 bits per heavy atom. The summed E-state index contributed by atoms with van der Waals surface area (Å²) in [5, 5.41) is 8.44. The Balaban J connectivity index is 1.65. The molecule has 1 aromatic heterocycles. The summed E-state index contributed by atoms with van der Waals surface area (Å²) in [6.07, 6.45) is 1.07. The maximum atomic E-state index is 12.5. The van der Waals surface area contributed by atoms with Crippen molar-refractivity contribution in [2.75, 3.05) is 20.0 Å². The van der Waals surface area contributed by atoms with E-state index in [1.165, 1.54) is 17.3 Å². The molecule has 6 nitrogen and oxygen atoms in total. The molecule has 0 spiro atoms. The number of benzene rings is 2. The third-order valence-corrected chi connectivity index (χ3v) is 5.56. The molecule has 0 aliphatic carbocycles. The van der Waals surface area contributed by atoms with Gasteiger partial charge in [0.15, 0.2) is 5.78 Å². The SMILES string of the molecule is CC[C@@H](C)c1ccc(C(=O)CSc2nnc(-c3cc(OC)cc(OC)c3)o2)cc1. The molecule has 29 heavy (non-hydrogen) atoms. The summed E-state index contributed by atoms with van der Waals surface area (Å²) in [6, 6.07) is 13.1. The number of hydrogen-bond donors (Lipinski definition) is 0. The first-order valence-electron chi connectivity index (χ1n) is 9.37. The van der Waals surface area contributed by atoms with E-state index in [1.807, 2.05) is 24.3 Å². The van der Waals surface area contributed by atoms with Gasteiger partial charge in [-0.1, -0.05) is 49.9 Å². The molecule has 2 aromatic carbocycles. The van der Waals surface area contributed by atoms with Crippen molar-refractivity contribution in [3.63, 3.8) is 0 Å². The molecule has 1 heterocycles. The molecule has 7 heteroatoms. The van der Waals surface area contributed by atoms with Gasteiger partial charge in [-0.05, 0) is 30.0 Å². The smallest absolute Gasteiger partial charge is 0.277 e. The third-order valence-electron chi connectivity index (χ3n) is 4.75. The van der Waals surface area contributed by atoms with E-state index in [0.717, 1.165) is 6.42 Å². The van der Waals surface area contributed by atoms with Crippen LogP contribution in [0, 0.1) is 0 Å². The number of aromatic nitrogens is 2. The predicted molar refractivity (Wildman–Crippen MR) is 113 cm³/mol. The quantitative estimate of drug-likeness (QED) is 0.351. The number of carbonyl (C=O) groups is 1. The lowest BCUT2D eigenvalue weighted by molar-refractivity contribution is 0.102. The second-order valence-corrected chi connectivity index (χ2v) is 7.54. The molecular formula is C22H24N2O4S. The third kappa shape index (κ3) is 5.17. The molecule has 3 rings (SSSR count). The van der Waals surface area contributed by atoms with Gasteiger partial charge in [0.25, 0.3) is 5.22 Å². The predicted octanol–water partition coefficient (Wildman–Crippen LogP) is 5.24. The van der Waals surface area contributed by atoms with E-state index >= 15 is 0 Å². The van der Waals surface area contributed by atoms with Gasteiger partial charge in [0.05, 0.1) is 20.0 Å². The van der Waals surface area contributed by atoms with E-state index in [9.17, 15) is 4.79 Å². The van der Waals surface area contributed by atoms with Crippen LogP contribution in [-0.2, 0) is 0 Å². The zero-order valence-electron chi connectivity index (χ0n) is 17.0. The largest absolute Gasteiger partial charge is 0.497 e. The number of hydrogen-bond acceptors (Lipinski definition) is 7. The first kappa shape index (κ1) is 20.9. The fourth-order valence-corrected chi connectivity index (χ4v) is 3.42. The van der Waals surface area contributed by atoms with Gasteiger partial charge in [0.2, 0.25) is 5.89 Å². The number of nitrogens with zero attached hydrogens (tertiary/aromatic N) is 2. The summed E-state index contributed by atoms with van der Waals surface area (Å²) >= 11 is 1.22. The first-order valence-corrected chi connectivity index (χ1v) is 10.4. The topological polar surface area (TPSA) is 74.5 Å². The van der Waals surface area contributed by atoms with Crippen molar-refractivity contribution >= 4 is 17.5 Å². The molecule has 152 valence electrons. The number of ether oxygens (including phenoxy) is 2. The second kappa shape index (κ2) is 9.60. The summed E-state index contributed by atoms with van der Waals surface area (Å²) in [5.74, 6) is 2.33. The van der Waals surface area contributed by atoms with Crippen LogP contribution in [0.25, 0.3) is 11.5 Å². The normalized spacial score (nSPS) is 11.9. The highest BCUT2D eigenvalue weighted by Crippen LogP contribution is 2.30. The summed E-state index contributed by atoms with van der Waals surface area (Å²) in [7, 11) is 3.16. The molecule has 0 aliphatic heterocycles. The van der Waals surface area contributed by atoms with Crippen molar-refractivity contribution in [2.45, 2.75) is 31.4 Å². The Kier molecular flexibility index (Phi) is 6.93. The van der Waals surface area contributed by atoms with Gasteiger partial charge in [0, 0.05) is 17.2 Å². The fourth-order valence-electron chi connectivity index (χ4n) is 2.76. The van der Waals surface area contributed by atoms with E-state index in [2.05, 4.69) is 24.0 Å². The Morgan fingerprint density at radius 2 is 1.72 bits per heavy atom. The van der Waals surface area contributed by atoms with Crippen molar-refractivity contribution < 1.29 is 18.7 Å². The number of thioether (sulfide) groups is 1. The minimum atomic E-state index is 0.0218. The van der Waals surface area contributed by atoms with Crippen molar-refractivity contribution in [1.82, 2.24) is 10.2 Å². The second-order valence-electron chi connectivity index (χ2n) is 6.62. The Labute approximate surface area is 174 Å². The minimum Gasteiger partial charge on any atom is -0.497 e. The van der Waals surface area contributed by atoms with E-state index in [-0.39, 0.29) is 11.5 Å². The zero-order valence-corrected chi connectivity index (χ0v) is 17.8. The molecular weight excluding hydrogens is 388 g/mol. The van der Waals surface area contributed by atoms with Crippen LogP contribution in [0.1, 0.15) is 42.1 Å². The highest BCUT2D eigenvalue weighted by atomic mass is 32.2. The molecule has 0 unspecified atom stereocenters. The van der Waals surface area contributed by atoms with Crippen LogP contribution < -0.4 is 9.47 Å². The number of methoxy groups -OCH3 is 2. The van der Waals surface area contributed by atoms with Gasteiger partial charge in [-0.2, -0.15) is 0 Å². The fraction of sp³-hybridized carbons (Fsp3) is 0.318. The highest BCUT2D eigenvalue weighted by Gasteiger charge is 2.14. The molecule has 0 radical (unpaired) electrons. The van der Waals surface area contributed by atoms with Crippen LogP contribution in [0.5, 0.6) is 11.5 Å². The van der Waals surface area contributed by atoms with Crippen LogP contribution in [0.2, 0.25) is 0 Å². The van der Waals surface area contributed by atoms with Crippen LogP contribution >= 0.6 is 11.8 Å². The van der Waals surface area contributed by atoms with Crippen molar-refractivity contribution in [2.24, 2.45) is 0 Å². The van der Waals surface area contributed by atoms with Crippen LogP contribution in [0.15, 0.2) is 52.1 Å². The van der Waals surface area contributed by atoms with Gasteiger partial charge < -0.3 is 13.9 Å². The molecule has 0 fully saturated rings. The number of rotatable bonds is 9. The van der Waals surface area contributed by atoms with Crippen molar-refractivity contribution in [3.8, 4) is 23.0 Å². The number of Topliss-reactive ketones (excluding diaryl/α,β-unsaturated/α-hetero) is 1. The molecule has 0 saturated carbocycles. The van der Waals surface area contributed by atoms with E-state index in [4.69, 9.17) is 13.9 Å². The Bertz CT molecular complexity index is 947. The van der Waals surface area contributed by atoms with E-state index in [0.29, 0.717) is 39.7 Å². The minimum absolute atomic E-state index is 0.0218. The lowest BCUT2D eigenvalue weighted by Gasteiger charge is -2.09. The van der Waals surface area contributed by atoms with Gasteiger partial charge in [-0.15, -0.1) is 10.2 Å². The molecule has 0 bridgehead atoms. The molecule has 0 N–H and O–H groups in total. The van der Waals surface area contributed by atoms with Crippen molar-refractivity contribution in [1.29, 1.82) is 0 Å². The lowest BCUT2D eigenvalue weighted by Crippen LogP contribution is -2.03. The average molecular weight is 413 g/mol. The summed E-state index contributed by atoms with van der Waals surface area (Å²) < 4.78 is 16.2. The number of ketones is 1. The summed E-state index contributed by atoms with van der Waals surface area (Å²) in [5.41, 5.74) is 2.61. The summed E-state index contributed by atoms with van der Waals surface area (Å²) in [4.78, 5) is 12.5. The monoisotopic (exact) mass is 412 g/mol. The van der Waals surface area contributed by atoms with Gasteiger partial charge in [-0.3, -0.25) is 4.79 Å². The van der Waals surface area contributed by atoms with Crippen LogP contribution in [-0.4, -0.2) is 36.0 Å². The Morgan fingerprint density at radius 1 is 1.07 bits per heavy atom. The van der Waals surface area contributed by atoms with Crippen LogP contribution in [0.4, 0.5) is 0 Å². The highest BCUT2D eigenvalue weighted by molar-refractivity contribution is 7.99. The molecule has 3 aromatic rings. The maximum Gasteiger partial charge on any atom is 0.277 e. The van der Waals surface area contributed by atoms with E-state index in [1.54, 1.807) is 32.4 Å². The average Bonchev–Trinajstić information content (AvgIpc) is 3.25. The number of carbonyl (C=O) groups excluding carboxylic acids is 1. The Hall–Kier alpha value is -2.80. The molecule has 0 saturated heterocycles. The van der Waals surface area contributed by atoms with Gasteiger partial charge >= 0.3 is 0 Å². The van der Waals surface area contributed by atoms with Gasteiger partial charge in [-0.25, -0.2) is 0 Å². The van der Waals surface area contributed by atoms with Crippen LogP contribution in [0.3, 0.4) is 0 Å². The first-order chi connectivity index (χ1) is 14.0. The standard InChI is InChI=1S/C22H24N2O4S/c1-5-14(2)15-6-8-16(9-7-15)20(25)13-29-22-24-23-21(28-22)17-10-18(26-3)12-19(11-17)27-4/h6-12,14H,5,13H2,1-4H3/t14-/m1/s1. The molecule has 0 amide bonds. The van der Waals surface area contributed by atoms with Crippen molar-refractivity contribution in [3.05, 3.63) is 53.6 Å². The maximum absolute atomic E-state index is 12.5.